The van der Waals surface area contributed by atoms with Gasteiger partial charge in [-0.3, -0.25) is 14.4 Å². The van der Waals surface area contributed by atoms with Crippen LogP contribution in [0.5, 0.6) is 11.5 Å². The van der Waals surface area contributed by atoms with Crippen LogP contribution in [0.4, 0.5) is 5.69 Å². The first-order valence-corrected chi connectivity index (χ1v) is 13.7. The zero-order chi connectivity index (χ0) is 29.0. The number of ketones is 1. The van der Waals surface area contributed by atoms with Crippen LogP contribution in [0, 0.1) is 12.8 Å². The van der Waals surface area contributed by atoms with Crippen molar-refractivity contribution in [3.8, 4) is 11.5 Å². The van der Waals surface area contributed by atoms with Gasteiger partial charge < -0.3 is 14.4 Å². The Hall–Kier alpha value is -4.71. The standard InChI is InChI=1S/C35H33NO5/c1-24-9-11-25(12-10-24)32(37)23-40-34(39)26-21-33(38)36(22-26)29-15-19-31(20-16-29)41-30-17-13-28(14-18-30)35(2,3)27-7-5-4-6-8-27/h4-20,26H,21-23H2,1-3H3/t26-/m1/s1. The number of carbonyl (C=O) groups excluding carboxylic acids is 3. The fourth-order valence-electron chi connectivity index (χ4n) is 4.98. The van der Waals surface area contributed by atoms with Gasteiger partial charge in [0.25, 0.3) is 0 Å². The molecule has 1 amide bonds. The van der Waals surface area contributed by atoms with E-state index >= 15 is 0 Å². The number of hydrogen-bond donors (Lipinski definition) is 0. The van der Waals surface area contributed by atoms with Crippen molar-refractivity contribution in [3.05, 3.63) is 125 Å². The highest BCUT2D eigenvalue weighted by Crippen LogP contribution is 2.34. The molecule has 0 spiro atoms. The molecule has 4 aromatic carbocycles. The fraction of sp³-hybridized carbons (Fsp3) is 0.229. The van der Waals surface area contributed by atoms with Gasteiger partial charge >= 0.3 is 5.97 Å². The second-order valence-corrected chi connectivity index (χ2v) is 10.9. The lowest BCUT2D eigenvalue weighted by molar-refractivity contribution is -0.147. The van der Waals surface area contributed by atoms with Crippen molar-refractivity contribution in [2.24, 2.45) is 5.92 Å². The normalized spacial score (nSPS) is 15.0. The molecule has 4 aromatic rings. The molecule has 1 aliphatic rings. The summed E-state index contributed by atoms with van der Waals surface area (Å²) in [6.45, 7) is 6.19. The Labute approximate surface area is 240 Å². The van der Waals surface area contributed by atoms with Crippen molar-refractivity contribution in [1.29, 1.82) is 0 Å². The van der Waals surface area contributed by atoms with Crippen molar-refractivity contribution in [2.45, 2.75) is 32.6 Å². The molecular weight excluding hydrogens is 514 g/mol. The van der Waals surface area contributed by atoms with E-state index in [1.165, 1.54) is 11.1 Å². The molecule has 6 nitrogen and oxygen atoms in total. The molecule has 1 aliphatic heterocycles. The third-order valence-electron chi connectivity index (χ3n) is 7.63. The van der Waals surface area contributed by atoms with Gasteiger partial charge in [0.15, 0.2) is 12.4 Å². The van der Waals surface area contributed by atoms with Gasteiger partial charge in [0, 0.05) is 29.6 Å². The van der Waals surface area contributed by atoms with Crippen LogP contribution in [-0.4, -0.2) is 30.8 Å². The zero-order valence-electron chi connectivity index (χ0n) is 23.5. The Kier molecular flexibility index (Phi) is 8.02. The summed E-state index contributed by atoms with van der Waals surface area (Å²) in [5, 5.41) is 0. The molecule has 0 saturated carbocycles. The number of nitrogens with zero attached hydrogens (tertiary/aromatic N) is 1. The summed E-state index contributed by atoms with van der Waals surface area (Å²) < 4.78 is 11.3. The minimum Gasteiger partial charge on any atom is -0.457 e. The molecule has 41 heavy (non-hydrogen) atoms. The number of esters is 1. The number of Topliss-reactive ketones (excluding diaryl/α,β-unsaturated/α-hetero) is 1. The van der Waals surface area contributed by atoms with Crippen molar-refractivity contribution < 1.29 is 23.9 Å². The quantitative estimate of drug-likeness (QED) is 0.169. The maximum atomic E-state index is 12.7. The van der Waals surface area contributed by atoms with Gasteiger partial charge in [-0.05, 0) is 54.4 Å². The Morgan fingerprint density at radius 3 is 2.02 bits per heavy atom. The highest BCUT2D eigenvalue weighted by molar-refractivity contribution is 6.01. The average molecular weight is 548 g/mol. The molecule has 6 heteroatoms. The molecule has 1 saturated heterocycles. The molecule has 0 N–H and O–H groups in total. The van der Waals surface area contributed by atoms with Crippen molar-refractivity contribution in [1.82, 2.24) is 0 Å². The minimum absolute atomic E-state index is 0.0431. The van der Waals surface area contributed by atoms with Crippen LogP contribution in [0.15, 0.2) is 103 Å². The molecule has 1 heterocycles. The molecule has 208 valence electrons. The monoisotopic (exact) mass is 547 g/mol. The van der Waals surface area contributed by atoms with E-state index in [0.29, 0.717) is 22.7 Å². The third kappa shape index (κ3) is 6.38. The molecule has 1 atom stereocenters. The first kappa shape index (κ1) is 27.8. The van der Waals surface area contributed by atoms with Crippen LogP contribution in [0.2, 0.25) is 0 Å². The molecule has 0 aliphatic carbocycles. The largest absolute Gasteiger partial charge is 0.457 e. The summed E-state index contributed by atoms with van der Waals surface area (Å²) in [5.41, 5.74) is 4.50. The second-order valence-electron chi connectivity index (χ2n) is 10.9. The highest BCUT2D eigenvalue weighted by Gasteiger charge is 2.36. The lowest BCUT2D eigenvalue weighted by Gasteiger charge is -2.26. The molecule has 5 rings (SSSR count). The maximum absolute atomic E-state index is 12.7. The number of aryl methyl sites for hydroxylation is 1. The summed E-state index contributed by atoms with van der Waals surface area (Å²) in [6.07, 6.45) is 0.0431. The summed E-state index contributed by atoms with van der Waals surface area (Å²) in [5.74, 6) is -0.249. The number of hydrogen-bond acceptors (Lipinski definition) is 5. The molecule has 0 radical (unpaired) electrons. The van der Waals surface area contributed by atoms with Crippen LogP contribution in [-0.2, 0) is 19.7 Å². The van der Waals surface area contributed by atoms with Gasteiger partial charge in [-0.1, -0.05) is 86.1 Å². The predicted molar refractivity (Wildman–Crippen MR) is 158 cm³/mol. The zero-order valence-corrected chi connectivity index (χ0v) is 23.5. The van der Waals surface area contributed by atoms with E-state index in [0.717, 1.165) is 5.56 Å². The number of anilines is 1. The van der Waals surface area contributed by atoms with E-state index in [-0.39, 0.29) is 36.7 Å². The fourth-order valence-corrected chi connectivity index (χ4v) is 4.98. The Balaban J connectivity index is 1.16. The van der Waals surface area contributed by atoms with E-state index in [1.54, 1.807) is 41.3 Å². The Morgan fingerprint density at radius 1 is 0.805 bits per heavy atom. The number of benzene rings is 4. The number of ether oxygens (including phenoxy) is 2. The van der Waals surface area contributed by atoms with Gasteiger partial charge in [0.05, 0.1) is 5.92 Å². The number of amides is 1. The predicted octanol–water partition coefficient (Wildman–Crippen LogP) is 6.89. The van der Waals surface area contributed by atoms with Crippen molar-refractivity contribution in [2.75, 3.05) is 18.1 Å². The van der Waals surface area contributed by atoms with Crippen molar-refractivity contribution in [3.63, 3.8) is 0 Å². The lowest BCUT2D eigenvalue weighted by Crippen LogP contribution is -2.27. The first-order chi connectivity index (χ1) is 19.7. The average Bonchev–Trinajstić information content (AvgIpc) is 3.39. The van der Waals surface area contributed by atoms with Crippen LogP contribution >= 0.6 is 0 Å². The van der Waals surface area contributed by atoms with Crippen LogP contribution in [0.1, 0.15) is 47.3 Å². The van der Waals surface area contributed by atoms with Crippen molar-refractivity contribution >= 4 is 23.3 Å². The highest BCUT2D eigenvalue weighted by atomic mass is 16.5. The summed E-state index contributed by atoms with van der Waals surface area (Å²) in [6, 6.07) is 32.8. The first-order valence-electron chi connectivity index (χ1n) is 13.7. The topological polar surface area (TPSA) is 72.9 Å². The lowest BCUT2D eigenvalue weighted by atomic mass is 9.78. The Morgan fingerprint density at radius 2 is 1.39 bits per heavy atom. The summed E-state index contributed by atoms with van der Waals surface area (Å²) in [4.78, 5) is 39.2. The van der Waals surface area contributed by atoms with Gasteiger partial charge in [-0.25, -0.2) is 0 Å². The van der Waals surface area contributed by atoms with E-state index in [4.69, 9.17) is 9.47 Å². The van der Waals surface area contributed by atoms with E-state index in [9.17, 15) is 14.4 Å². The van der Waals surface area contributed by atoms with Crippen LogP contribution in [0.25, 0.3) is 0 Å². The summed E-state index contributed by atoms with van der Waals surface area (Å²) in [7, 11) is 0. The minimum atomic E-state index is -0.622. The number of rotatable bonds is 9. The van der Waals surface area contributed by atoms with Gasteiger partial charge in [0.2, 0.25) is 5.91 Å². The van der Waals surface area contributed by atoms with Gasteiger partial charge in [-0.15, -0.1) is 0 Å². The van der Waals surface area contributed by atoms with E-state index < -0.39 is 11.9 Å². The van der Waals surface area contributed by atoms with Gasteiger partial charge in [-0.2, -0.15) is 0 Å². The molecule has 1 fully saturated rings. The molecule has 0 aromatic heterocycles. The van der Waals surface area contributed by atoms with E-state index in [1.807, 2.05) is 37.3 Å². The molecular formula is C35H33NO5. The van der Waals surface area contributed by atoms with Crippen LogP contribution < -0.4 is 9.64 Å². The van der Waals surface area contributed by atoms with Crippen LogP contribution in [0.3, 0.4) is 0 Å². The molecule has 0 unspecified atom stereocenters. The third-order valence-corrected chi connectivity index (χ3v) is 7.63. The molecule has 0 bridgehead atoms. The second kappa shape index (κ2) is 11.8. The van der Waals surface area contributed by atoms with Gasteiger partial charge in [0.1, 0.15) is 11.5 Å². The maximum Gasteiger partial charge on any atom is 0.311 e. The van der Waals surface area contributed by atoms with E-state index in [2.05, 4.69) is 50.2 Å². The Bertz CT molecular complexity index is 1520. The summed E-state index contributed by atoms with van der Waals surface area (Å²) >= 11 is 0. The number of carbonyl (C=O) groups is 3. The SMILES string of the molecule is Cc1ccc(C(=O)COC(=O)[C@@H]2CC(=O)N(c3ccc(Oc4ccc(C(C)(C)c5ccccc5)cc4)cc3)C2)cc1. The smallest absolute Gasteiger partial charge is 0.311 e.